The molecule has 1 spiro atoms. The summed E-state index contributed by atoms with van der Waals surface area (Å²) < 4.78 is 12.3. The molecule has 6 nitrogen and oxygen atoms in total. The minimum Gasteiger partial charge on any atom is -0.347 e. The third kappa shape index (κ3) is 3.76. The molecule has 134 valence electrons. The Labute approximate surface area is 148 Å². The van der Waals surface area contributed by atoms with E-state index in [-0.39, 0.29) is 11.9 Å². The molecular formula is C19H26N4O2. The third-order valence-electron chi connectivity index (χ3n) is 5.31. The van der Waals surface area contributed by atoms with Gasteiger partial charge in [0.2, 0.25) is 0 Å². The standard InChI is InChI=1S/C19H26N4O2/c1-14-4-6-19(7-5-14)24-13-17(25-19)12-21-10-16-11-22-23-18(16)15-3-2-8-20-9-15/h2-3,8-9,11,14,17,21H,4-7,10,12-13H2,1H3,(H,22,23). The molecule has 2 aromatic heterocycles. The SMILES string of the molecule is CC1CCC2(CC1)OCC(CNCc1cn[nH]c1-c1cccnc1)O2. The van der Waals surface area contributed by atoms with Gasteiger partial charge >= 0.3 is 0 Å². The van der Waals surface area contributed by atoms with Crippen molar-refractivity contribution in [3.63, 3.8) is 0 Å². The number of rotatable bonds is 5. The van der Waals surface area contributed by atoms with E-state index in [4.69, 9.17) is 9.47 Å². The number of nitrogens with zero attached hydrogens (tertiary/aromatic N) is 2. The van der Waals surface area contributed by atoms with Crippen LogP contribution in [0.25, 0.3) is 11.3 Å². The number of hydrogen-bond acceptors (Lipinski definition) is 5. The van der Waals surface area contributed by atoms with Crippen LogP contribution in [-0.4, -0.2) is 40.2 Å². The molecule has 1 unspecified atom stereocenters. The number of aromatic amines is 1. The van der Waals surface area contributed by atoms with Crippen LogP contribution in [0.1, 0.15) is 38.2 Å². The first kappa shape index (κ1) is 16.7. The highest BCUT2D eigenvalue weighted by atomic mass is 16.7. The number of nitrogens with one attached hydrogen (secondary N) is 2. The summed E-state index contributed by atoms with van der Waals surface area (Å²) in [6.07, 6.45) is 10.1. The zero-order valence-corrected chi connectivity index (χ0v) is 14.7. The summed E-state index contributed by atoms with van der Waals surface area (Å²) in [6, 6.07) is 3.97. The van der Waals surface area contributed by atoms with E-state index in [9.17, 15) is 0 Å². The van der Waals surface area contributed by atoms with Crippen LogP contribution in [0.2, 0.25) is 0 Å². The molecule has 1 atom stereocenters. The van der Waals surface area contributed by atoms with Gasteiger partial charge < -0.3 is 14.8 Å². The van der Waals surface area contributed by atoms with Crippen LogP contribution in [0.4, 0.5) is 0 Å². The van der Waals surface area contributed by atoms with Crippen molar-refractivity contribution in [1.82, 2.24) is 20.5 Å². The van der Waals surface area contributed by atoms with E-state index < -0.39 is 0 Å². The van der Waals surface area contributed by atoms with Crippen molar-refractivity contribution in [1.29, 1.82) is 0 Å². The van der Waals surface area contributed by atoms with Crippen molar-refractivity contribution >= 4 is 0 Å². The Morgan fingerprint density at radius 3 is 3.00 bits per heavy atom. The van der Waals surface area contributed by atoms with Crippen LogP contribution in [0.3, 0.4) is 0 Å². The fraction of sp³-hybridized carbons (Fsp3) is 0.579. The van der Waals surface area contributed by atoms with Crippen LogP contribution < -0.4 is 5.32 Å². The number of H-pyrrole nitrogens is 1. The number of ether oxygens (including phenoxy) is 2. The lowest BCUT2D eigenvalue weighted by Crippen LogP contribution is -2.37. The van der Waals surface area contributed by atoms with Gasteiger partial charge in [0.05, 0.1) is 24.6 Å². The summed E-state index contributed by atoms with van der Waals surface area (Å²) in [5.74, 6) is 0.483. The van der Waals surface area contributed by atoms with Crippen molar-refractivity contribution in [2.24, 2.45) is 5.92 Å². The molecule has 6 heteroatoms. The zero-order chi connectivity index (χ0) is 17.1. The molecule has 1 saturated heterocycles. The number of hydrogen-bond donors (Lipinski definition) is 2. The van der Waals surface area contributed by atoms with Gasteiger partial charge in [0.15, 0.2) is 5.79 Å². The van der Waals surface area contributed by atoms with Crippen molar-refractivity contribution < 1.29 is 9.47 Å². The van der Waals surface area contributed by atoms with E-state index in [1.165, 1.54) is 12.8 Å². The molecule has 1 aliphatic heterocycles. The van der Waals surface area contributed by atoms with Gasteiger partial charge in [-0.15, -0.1) is 0 Å². The minimum absolute atomic E-state index is 0.127. The summed E-state index contributed by atoms with van der Waals surface area (Å²) in [6.45, 7) is 4.52. The molecule has 2 fully saturated rings. The second-order valence-corrected chi connectivity index (χ2v) is 7.29. The quantitative estimate of drug-likeness (QED) is 0.874. The smallest absolute Gasteiger partial charge is 0.168 e. The summed E-state index contributed by atoms with van der Waals surface area (Å²) in [4.78, 5) is 4.17. The summed E-state index contributed by atoms with van der Waals surface area (Å²) in [7, 11) is 0. The Balaban J connectivity index is 1.29. The Hall–Kier alpha value is -1.76. The van der Waals surface area contributed by atoms with Gasteiger partial charge in [0, 0.05) is 49.5 Å². The second kappa shape index (κ2) is 7.23. The van der Waals surface area contributed by atoms with Crippen molar-refractivity contribution in [2.45, 2.75) is 51.0 Å². The van der Waals surface area contributed by atoms with Crippen molar-refractivity contribution in [3.05, 3.63) is 36.3 Å². The summed E-state index contributed by atoms with van der Waals surface area (Å²) >= 11 is 0. The molecule has 2 N–H and O–H groups in total. The van der Waals surface area contributed by atoms with Gasteiger partial charge in [-0.05, 0) is 30.9 Å². The first-order valence-corrected chi connectivity index (χ1v) is 9.19. The molecule has 1 aliphatic carbocycles. The van der Waals surface area contributed by atoms with Gasteiger partial charge in [0.25, 0.3) is 0 Å². The maximum atomic E-state index is 6.25. The normalized spacial score (nSPS) is 29.3. The predicted molar refractivity (Wildman–Crippen MR) is 94.7 cm³/mol. The molecule has 0 bridgehead atoms. The molecule has 2 aromatic rings. The highest BCUT2D eigenvalue weighted by molar-refractivity contribution is 5.61. The Morgan fingerprint density at radius 1 is 1.32 bits per heavy atom. The molecule has 3 heterocycles. The van der Waals surface area contributed by atoms with E-state index in [1.54, 1.807) is 6.20 Å². The molecular weight excluding hydrogens is 316 g/mol. The van der Waals surface area contributed by atoms with Gasteiger partial charge in [-0.25, -0.2) is 0 Å². The van der Waals surface area contributed by atoms with Gasteiger partial charge in [-0.1, -0.05) is 6.92 Å². The predicted octanol–water partition coefficient (Wildman–Crippen LogP) is 2.88. The lowest BCUT2D eigenvalue weighted by Gasteiger charge is -2.34. The third-order valence-corrected chi connectivity index (χ3v) is 5.31. The maximum Gasteiger partial charge on any atom is 0.168 e. The van der Waals surface area contributed by atoms with E-state index >= 15 is 0 Å². The zero-order valence-electron chi connectivity index (χ0n) is 14.7. The summed E-state index contributed by atoms with van der Waals surface area (Å²) in [5.41, 5.74) is 3.20. The lowest BCUT2D eigenvalue weighted by atomic mass is 9.86. The maximum absolute atomic E-state index is 6.25. The largest absolute Gasteiger partial charge is 0.347 e. The first-order chi connectivity index (χ1) is 12.2. The highest BCUT2D eigenvalue weighted by Gasteiger charge is 2.43. The van der Waals surface area contributed by atoms with E-state index in [2.05, 4.69) is 27.4 Å². The average molecular weight is 342 g/mol. The molecule has 25 heavy (non-hydrogen) atoms. The van der Waals surface area contributed by atoms with Gasteiger partial charge in [-0.3, -0.25) is 10.1 Å². The molecule has 4 rings (SSSR count). The van der Waals surface area contributed by atoms with Crippen LogP contribution >= 0.6 is 0 Å². The Morgan fingerprint density at radius 2 is 2.20 bits per heavy atom. The van der Waals surface area contributed by atoms with Gasteiger partial charge in [0.1, 0.15) is 0 Å². The van der Waals surface area contributed by atoms with Crippen LogP contribution in [0, 0.1) is 5.92 Å². The fourth-order valence-electron chi connectivity index (χ4n) is 3.75. The monoisotopic (exact) mass is 342 g/mol. The highest BCUT2D eigenvalue weighted by Crippen LogP contribution is 2.39. The van der Waals surface area contributed by atoms with Gasteiger partial charge in [-0.2, -0.15) is 5.10 Å². The number of pyridine rings is 1. The lowest BCUT2D eigenvalue weighted by molar-refractivity contribution is -0.191. The fourth-order valence-corrected chi connectivity index (χ4v) is 3.75. The van der Waals surface area contributed by atoms with Crippen LogP contribution in [0.5, 0.6) is 0 Å². The first-order valence-electron chi connectivity index (χ1n) is 9.19. The van der Waals surface area contributed by atoms with Crippen LogP contribution in [-0.2, 0) is 16.0 Å². The second-order valence-electron chi connectivity index (χ2n) is 7.29. The topological polar surface area (TPSA) is 72.1 Å². The van der Waals surface area contributed by atoms with Crippen LogP contribution in [0.15, 0.2) is 30.7 Å². The molecule has 1 saturated carbocycles. The van der Waals surface area contributed by atoms with E-state index in [0.717, 1.165) is 48.7 Å². The van der Waals surface area contributed by atoms with Crippen molar-refractivity contribution in [3.8, 4) is 11.3 Å². The Kier molecular flexibility index (Phi) is 4.83. The van der Waals surface area contributed by atoms with E-state index in [0.29, 0.717) is 6.61 Å². The molecule has 0 radical (unpaired) electrons. The Bertz CT molecular complexity index is 680. The summed E-state index contributed by atoms with van der Waals surface area (Å²) in [5, 5.41) is 10.7. The molecule has 2 aliphatic rings. The van der Waals surface area contributed by atoms with Crippen molar-refractivity contribution in [2.75, 3.05) is 13.2 Å². The molecule has 0 aromatic carbocycles. The number of aromatic nitrogens is 3. The molecule has 0 amide bonds. The van der Waals surface area contributed by atoms with E-state index in [1.807, 2.05) is 24.5 Å². The minimum atomic E-state index is -0.310. The average Bonchev–Trinajstić information content (AvgIpc) is 3.26.